The fraction of sp³-hybridized carbons (Fsp3) is 0.160. The second kappa shape index (κ2) is 8.92. The highest BCUT2D eigenvalue weighted by Crippen LogP contribution is 2.32. The highest BCUT2D eigenvalue weighted by Gasteiger charge is 2.15. The van der Waals surface area contributed by atoms with E-state index in [1.807, 2.05) is 25.1 Å². The van der Waals surface area contributed by atoms with Crippen LogP contribution in [0.1, 0.15) is 34.0 Å². The first-order valence-electron chi connectivity index (χ1n) is 10.1. The van der Waals surface area contributed by atoms with Gasteiger partial charge in [-0.2, -0.15) is 0 Å². The van der Waals surface area contributed by atoms with Crippen LogP contribution in [0.25, 0.3) is 10.9 Å². The van der Waals surface area contributed by atoms with E-state index in [4.69, 9.17) is 4.74 Å². The van der Waals surface area contributed by atoms with E-state index >= 15 is 0 Å². The number of aryl methyl sites for hydroxylation is 1. The van der Waals surface area contributed by atoms with E-state index < -0.39 is 5.82 Å². The Hall–Kier alpha value is -3.80. The quantitative estimate of drug-likeness (QED) is 0.460. The van der Waals surface area contributed by atoms with Gasteiger partial charge in [-0.25, -0.2) is 4.39 Å². The summed E-state index contributed by atoms with van der Waals surface area (Å²) >= 11 is 0. The van der Waals surface area contributed by atoms with Crippen LogP contribution < -0.4 is 10.1 Å². The Bertz CT molecular complexity index is 1260. The number of fused-ring (bicyclic) bond motifs is 1. The monoisotopic (exact) mass is 415 g/mol. The minimum Gasteiger partial charge on any atom is -0.456 e. The van der Waals surface area contributed by atoms with Crippen LogP contribution in [0.5, 0.6) is 11.5 Å². The topological polar surface area (TPSA) is 64.1 Å². The average Bonchev–Trinajstić information content (AvgIpc) is 2.79. The van der Waals surface area contributed by atoms with E-state index in [-0.39, 0.29) is 12.5 Å². The maximum Gasteiger partial charge on any atom is 0.251 e. The van der Waals surface area contributed by atoms with Crippen molar-refractivity contribution < 1.29 is 13.9 Å². The van der Waals surface area contributed by atoms with Crippen LogP contribution in [0.2, 0.25) is 0 Å². The molecule has 0 fully saturated rings. The predicted octanol–water partition coefficient (Wildman–Crippen LogP) is 5.36. The number of pyridine rings is 2. The van der Waals surface area contributed by atoms with Crippen LogP contribution in [0.3, 0.4) is 0 Å². The number of nitrogens with one attached hydrogen (secondary N) is 1. The average molecular weight is 415 g/mol. The van der Waals surface area contributed by atoms with Gasteiger partial charge in [0, 0.05) is 41.0 Å². The first-order valence-corrected chi connectivity index (χ1v) is 10.1. The largest absolute Gasteiger partial charge is 0.456 e. The molecule has 0 unspecified atom stereocenters. The molecule has 2 aromatic heterocycles. The first-order chi connectivity index (χ1) is 15.1. The Morgan fingerprint density at radius 3 is 2.77 bits per heavy atom. The van der Waals surface area contributed by atoms with Crippen LogP contribution in [-0.4, -0.2) is 15.9 Å². The standard InChI is InChI=1S/C25H22FN3O2/c1-3-17-7-8-20-22(13-17)28-12-10-24(20)31-23-6-4-5-19(16(23)2)25(30)29-14-18-9-11-27-15-21(18)26/h4-13,15H,3,14H2,1-2H3,(H,29,30). The van der Waals surface area contributed by atoms with Crippen molar-refractivity contribution >= 4 is 16.8 Å². The third-order valence-electron chi connectivity index (χ3n) is 5.22. The van der Waals surface area contributed by atoms with Gasteiger partial charge in [-0.3, -0.25) is 14.8 Å². The van der Waals surface area contributed by atoms with E-state index in [2.05, 4.69) is 34.3 Å². The lowest BCUT2D eigenvalue weighted by Crippen LogP contribution is -2.24. The molecular formula is C25H22FN3O2. The molecule has 1 N–H and O–H groups in total. The maximum absolute atomic E-state index is 13.8. The summed E-state index contributed by atoms with van der Waals surface area (Å²) in [7, 11) is 0. The van der Waals surface area contributed by atoms with Crippen LogP contribution in [0.15, 0.2) is 67.1 Å². The molecule has 4 aromatic rings. The predicted molar refractivity (Wildman–Crippen MR) is 118 cm³/mol. The number of rotatable bonds is 6. The molecule has 6 heteroatoms. The lowest BCUT2D eigenvalue weighted by molar-refractivity contribution is 0.0949. The second-order valence-corrected chi connectivity index (χ2v) is 7.19. The zero-order valence-electron chi connectivity index (χ0n) is 17.4. The summed E-state index contributed by atoms with van der Waals surface area (Å²) in [6.45, 7) is 4.01. The second-order valence-electron chi connectivity index (χ2n) is 7.19. The number of amides is 1. The van der Waals surface area contributed by atoms with Crippen molar-refractivity contribution in [3.8, 4) is 11.5 Å². The number of halogens is 1. The first kappa shape index (κ1) is 20.5. The van der Waals surface area contributed by atoms with Crippen molar-refractivity contribution in [2.24, 2.45) is 0 Å². The highest BCUT2D eigenvalue weighted by atomic mass is 19.1. The van der Waals surface area contributed by atoms with Gasteiger partial charge >= 0.3 is 0 Å². The molecule has 1 amide bonds. The van der Waals surface area contributed by atoms with Crippen molar-refractivity contribution in [3.63, 3.8) is 0 Å². The highest BCUT2D eigenvalue weighted by molar-refractivity contribution is 5.96. The van der Waals surface area contributed by atoms with Gasteiger partial charge in [-0.15, -0.1) is 0 Å². The minimum atomic E-state index is -0.451. The smallest absolute Gasteiger partial charge is 0.251 e. The van der Waals surface area contributed by atoms with Crippen LogP contribution >= 0.6 is 0 Å². The molecule has 0 aliphatic carbocycles. The molecule has 156 valence electrons. The minimum absolute atomic E-state index is 0.0759. The van der Waals surface area contributed by atoms with Crippen molar-refractivity contribution in [2.45, 2.75) is 26.8 Å². The molecule has 0 aliphatic rings. The summed E-state index contributed by atoms with van der Waals surface area (Å²) in [5, 5.41) is 3.66. The van der Waals surface area contributed by atoms with Crippen molar-refractivity contribution in [1.29, 1.82) is 0 Å². The number of carbonyl (C=O) groups is 1. The van der Waals surface area contributed by atoms with E-state index in [1.165, 1.54) is 11.8 Å². The number of aromatic nitrogens is 2. The van der Waals surface area contributed by atoms with Gasteiger partial charge in [-0.1, -0.05) is 19.1 Å². The summed E-state index contributed by atoms with van der Waals surface area (Å²) < 4.78 is 19.9. The van der Waals surface area contributed by atoms with Gasteiger partial charge in [-0.05, 0) is 55.3 Å². The molecular weight excluding hydrogens is 393 g/mol. The van der Waals surface area contributed by atoms with Crippen molar-refractivity contribution in [1.82, 2.24) is 15.3 Å². The van der Waals surface area contributed by atoms with Crippen molar-refractivity contribution in [3.05, 3.63) is 95.2 Å². The van der Waals surface area contributed by atoms with Crippen LogP contribution in [0.4, 0.5) is 4.39 Å². The molecule has 0 saturated heterocycles. The van der Waals surface area contributed by atoms with Gasteiger partial charge in [0.2, 0.25) is 0 Å². The molecule has 0 aliphatic heterocycles. The van der Waals surface area contributed by atoms with Gasteiger partial charge in [0.15, 0.2) is 0 Å². The van der Waals surface area contributed by atoms with E-state index in [1.54, 1.807) is 24.4 Å². The Kier molecular flexibility index (Phi) is 5.89. The lowest BCUT2D eigenvalue weighted by atomic mass is 10.1. The molecule has 0 saturated carbocycles. The normalized spacial score (nSPS) is 10.8. The SMILES string of the molecule is CCc1ccc2c(Oc3cccc(C(=O)NCc4ccncc4F)c3C)ccnc2c1. The molecule has 2 aromatic carbocycles. The summed E-state index contributed by atoms with van der Waals surface area (Å²) in [6, 6.07) is 14.8. The zero-order valence-corrected chi connectivity index (χ0v) is 17.4. The number of hydrogen-bond acceptors (Lipinski definition) is 4. The Morgan fingerprint density at radius 2 is 1.97 bits per heavy atom. The van der Waals surface area contributed by atoms with Gasteiger partial charge in [0.1, 0.15) is 17.3 Å². The number of nitrogens with zero attached hydrogens (tertiary/aromatic N) is 2. The van der Waals surface area contributed by atoms with Crippen LogP contribution in [0, 0.1) is 12.7 Å². The Labute approximate surface area is 179 Å². The number of carbonyl (C=O) groups excluding carboxylic acids is 1. The molecule has 0 spiro atoms. The van der Waals surface area contributed by atoms with E-state index in [0.29, 0.717) is 28.2 Å². The van der Waals surface area contributed by atoms with Crippen LogP contribution in [-0.2, 0) is 13.0 Å². The molecule has 0 bridgehead atoms. The third-order valence-corrected chi connectivity index (χ3v) is 5.22. The fourth-order valence-corrected chi connectivity index (χ4v) is 3.38. The summed E-state index contributed by atoms with van der Waals surface area (Å²) in [4.78, 5) is 20.9. The number of benzene rings is 2. The Balaban J connectivity index is 1.57. The summed E-state index contributed by atoms with van der Waals surface area (Å²) in [5.74, 6) is 0.501. The lowest BCUT2D eigenvalue weighted by Gasteiger charge is -2.14. The molecule has 2 heterocycles. The molecule has 5 nitrogen and oxygen atoms in total. The molecule has 4 rings (SSSR count). The molecule has 0 atom stereocenters. The summed E-state index contributed by atoms with van der Waals surface area (Å²) in [6.07, 6.45) is 5.27. The number of ether oxygens (including phenoxy) is 1. The molecule has 0 radical (unpaired) electrons. The maximum atomic E-state index is 13.8. The summed E-state index contributed by atoms with van der Waals surface area (Å²) in [5.41, 5.74) is 3.62. The third kappa shape index (κ3) is 4.38. The van der Waals surface area contributed by atoms with Gasteiger partial charge in [0.25, 0.3) is 5.91 Å². The molecule has 31 heavy (non-hydrogen) atoms. The van der Waals surface area contributed by atoms with E-state index in [0.717, 1.165) is 23.5 Å². The zero-order chi connectivity index (χ0) is 21.8. The van der Waals surface area contributed by atoms with Gasteiger partial charge in [0.05, 0.1) is 11.7 Å². The van der Waals surface area contributed by atoms with E-state index in [9.17, 15) is 9.18 Å². The van der Waals surface area contributed by atoms with Gasteiger partial charge < -0.3 is 10.1 Å². The Morgan fingerprint density at radius 1 is 1.10 bits per heavy atom. The number of hydrogen-bond donors (Lipinski definition) is 1. The van der Waals surface area contributed by atoms with Crippen molar-refractivity contribution in [2.75, 3.05) is 0 Å². The fourth-order valence-electron chi connectivity index (χ4n) is 3.38.